The first-order chi connectivity index (χ1) is 16.0. The Morgan fingerprint density at radius 3 is 2.85 bits per heavy atom. The van der Waals surface area contributed by atoms with E-state index >= 15 is 0 Å². The number of amides is 1. The van der Waals surface area contributed by atoms with Crippen LogP contribution < -0.4 is 16.8 Å². The average molecular weight is 503 g/mol. The van der Waals surface area contributed by atoms with Crippen molar-refractivity contribution in [2.24, 2.45) is 5.73 Å². The van der Waals surface area contributed by atoms with Crippen LogP contribution in [0, 0.1) is 0 Å². The summed E-state index contributed by atoms with van der Waals surface area (Å²) in [5, 5.41) is 7.01. The summed E-state index contributed by atoms with van der Waals surface area (Å²) in [4.78, 5) is 23.6. The Morgan fingerprint density at radius 1 is 1.30 bits per heavy atom. The molecule has 1 fully saturated rings. The molecule has 0 atom stereocenters. The Bertz CT molecular complexity index is 1190. The van der Waals surface area contributed by atoms with Crippen LogP contribution in [0.3, 0.4) is 0 Å². The second-order valence-corrected chi connectivity index (χ2v) is 10.5. The van der Waals surface area contributed by atoms with Crippen LogP contribution in [0.4, 0.5) is 5.69 Å². The molecule has 0 aliphatic carbocycles. The molecule has 8 nitrogen and oxygen atoms in total. The molecule has 5 heterocycles. The molecule has 174 valence electrons. The van der Waals surface area contributed by atoms with E-state index in [2.05, 4.69) is 21.2 Å². The van der Waals surface area contributed by atoms with Crippen molar-refractivity contribution in [1.29, 1.82) is 0 Å². The smallest absolute Gasteiger partial charge is 0.260 e. The normalized spacial score (nSPS) is 16.3. The fourth-order valence-corrected chi connectivity index (χ4v) is 6.43. The molecule has 0 spiro atoms. The van der Waals surface area contributed by atoms with Gasteiger partial charge in [-0.1, -0.05) is 6.07 Å². The molecule has 2 aliphatic heterocycles. The Labute approximate surface area is 205 Å². The van der Waals surface area contributed by atoms with E-state index in [4.69, 9.17) is 33.4 Å². The monoisotopic (exact) mass is 502 g/mol. The van der Waals surface area contributed by atoms with Gasteiger partial charge in [0.15, 0.2) is 5.11 Å². The van der Waals surface area contributed by atoms with Gasteiger partial charge in [0, 0.05) is 47.6 Å². The van der Waals surface area contributed by atoms with Gasteiger partial charge >= 0.3 is 0 Å². The number of nitrogen functional groups attached to an aromatic ring is 1. The molecule has 0 bridgehead atoms. The third-order valence-electron chi connectivity index (χ3n) is 6.06. The number of pyridine rings is 1. The predicted octanol–water partition coefficient (Wildman–Crippen LogP) is 2.62. The third-order valence-corrected chi connectivity index (χ3v) is 8.47. The number of primary amides is 1. The van der Waals surface area contributed by atoms with Gasteiger partial charge in [-0.05, 0) is 36.6 Å². The van der Waals surface area contributed by atoms with Crippen LogP contribution in [-0.2, 0) is 17.8 Å². The molecule has 0 saturated carbocycles. The number of hydrogen-bond donors (Lipinski definition) is 3. The molecule has 0 radical (unpaired) electrons. The number of hydrogen-bond acceptors (Lipinski definition) is 8. The number of rotatable bonds is 6. The van der Waals surface area contributed by atoms with Gasteiger partial charge in [-0.15, -0.1) is 22.7 Å². The highest BCUT2D eigenvalue weighted by Crippen LogP contribution is 2.45. The molecular weight excluding hydrogens is 476 g/mol. The minimum Gasteiger partial charge on any atom is -0.397 e. The van der Waals surface area contributed by atoms with Crippen LogP contribution in [0.25, 0.3) is 20.7 Å². The largest absolute Gasteiger partial charge is 0.397 e. The molecule has 5 rings (SSSR count). The number of thiocarbonyl (C=S) groups is 1. The minimum atomic E-state index is -0.517. The number of ether oxygens (including phenoxy) is 1. The molecule has 11 heteroatoms. The van der Waals surface area contributed by atoms with Crippen molar-refractivity contribution < 1.29 is 9.53 Å². The quantitative estimate of drug-likeness (QED) is 0.349. The SMILES string of the molecule is NC(=O)c1sc2nc3c(c(-c4cccs4)c2c1N)CN(C(=S)NCCCN1CCOCC1)C3. The van der Waals surface area contributed by atoms with Gasteiger partial charge in [0.05, 0.1) is 31.1 Å². The number of nitrogens with zero attached hydrogens (tertiary/aromatic N) is 3. The number of carbonyl (C=O) groups excluding carboxylic acids is 1. The van der Waals surface area contributed by atoms with Gasteiger partial charge in [0.25, 0.3) is 5.91 Å². The standard InChI is InChI=1S/C22H26N6O2S3/c23-18-17-16(15-3-1-10-32-15)13-11-28(12-14(13)26-21(17)33-19(18)20(24)29)22(31)25-4-2-5-27-6-8-30-9-7-27/h1,3,10H,2,4-9,11-12,23H2,(H2,24,29)(H,25,31). The van der Waals surface area contributed by atoms with Gasteiger partial charge in [-0.3, -0.25) is 9.69 Å². The predicted molar refractivity (Wildman–Crippen MR) is 138 cm³/mol. The number of morpholine rings is 1. The van der Waals surface area contributed by atoms with E-state index in [1.165, 1.54) is 11.3 Å². The zero-order valence-electron chi connectivity index (χ0n) is 18.1. The molecule has 1 saturated heterocycles. The number of nitrogens with two attached hydrogens (primary N) is 2. The topological polar surface area (TPSA) is 110 Å². The highest BCUT2D eigenvalue weighted by atomic mass is 32.1. The minimum absolute atomic E-state index is 0.369. The van der Waals surface area contributed by atoms with Gasteiger partial charge < -0.3 is 26.4 Å². The summed E-state index contributed by atoms with van der Waals surface area (Å²) in [6, 6.07) is 4.09. The summed E-state index contributed by atoms with van der Waals surface area (Å²) < 4.78 is 5.41. The zero-order chi connectivity index (χ0) is 22.9. The molecule has 2 aliphatic rings. The maximum atomic E-state index is 11.9. The van der Waals surface area contributed by atoms with Crippen molar-refractivity contribution in [2.45, 2.75) is 19.5 Å². The Hall–Kier alpha value is -2.31. The molecule has 3 aromatic heterocycles. The molecular formula is C22H26N6O2S3. The van der Waals surface area contributed by atoms with Crippen LogP contribution in [0.2, 0.25) is 0 Å². The summed E-state index contributed by atoms with van der Waals surface area (Å²) in [5.74, 6) is -0.517. The van der Waals surface area contributed by atoms with Crippen molar-refractivity contribution in [3.8, 4) is 10.4 Å². The molecule has 0 unspecified atom stereocenters. The number of thiophene rings is 2. The lowest BCUT2D eigenvalue weighted by Crippen LogP contribution is -2.40. The van der Waals surface area contributed by atoms with Gasteiger partial charge in [0.2, 0.25) is 0 Å². The Kier molecular flexibility index (Phi) is 6.48. The maximum absolute atomic E-state index is 11.9. The van der Waals surface area contributed by atoms with E-state index in [1.54, 1.807) is 11.3 Å². The van der Waals surface area contributed by atoms with Crippen molar-refractivity contribution in [3.63, 3.8) is 0 Å². The van der Waals surface area contributed by atoms with Crippen LogP contribution >= 0.6 is 34.9 Å². The summed E-state index contributed by atoms with van der Waals surface area (Å²) in [7, 11) is 0. The highest BCUT2D eigenvalue weighted by molar-refractivity contribution is 7.80. The van der Waals surface area contributed by atoms with Gasteiger partial charge in [-0.2, -0.15) is 0 Å². The number of anilines is 1. The highest BCUT2D eigenvalue weighted by Gasteiger charge is 2.30. The van der Waals surface area contributed by atoms with Gasteiger partial charge in [-0.25, -0.2) is 4.98 Å². The fraction of sp³-hybridized carbons (Fsp3) is 0.409. The number of carbonyl (C=O) groups is 1. The van der Waals surface area contributed by atoms with Crippen molar-refractivity contribution in [1.82, 2.24) is 20.1 Å². The summed E-state index contributed by atoms with van der Waals surface area (Å²) in [6.45, 7) is 6.80. The second-order valence-electron chi connectivity index (χ2n) is 8.17. The number of aromatic nitrogens is 1. The molecule has 3 aromatic rings. The Balaban J connectivity index is 1.34. The molecule has 0 aromatic carbocycles. The first kappa shape index (κ1) is 22.5. The van der Waals surface area contributed by atoms with Crippen LogP contribution in [-0.4, -0.2) is 65.2 Å². The maximum Gasteiger partial charge on any atom is 0.260 e. The summed E-state index contributed by atoms with van der Waals surface area (Å²) in [5.41, 5.74) is 15.5. The second kappa shape index (κ2) is 9.51. The lowest BCUT2D eigenvalue weighted by atomic mass is 10.0. The van der Waals surface area contributed by atoms with E-state index in [9.17, 15) is 4.79 Å². The first-order valence-electron chi connectivity index (χ1n) is 10.9. The summed E-state index contributed by atoms with van der Waals surface area (Å²) >= 11 is 8.62. The van der Waals surface area contributed by atoms with Crippen LogP contribution in [0.5, 0.6) is 0 Å². The van der Waals surface area contributed by atoms with Crippen LogP contribution in [0.1, 0.15) is 27.3 Å². The first-order valence-corrected chi connectivity index (χ1v) is 13.0. The fourth-order valence-electron chi connectivity index (χ4n) is 4.42. The number of nitrogens with one attached hydrogen (secondary N) is 1. The lowest BCUT2D eigenvalue weighted by Gasteiger charge is -2.26. The Morgan fingerprint density at radius 2 is 2.12 bits per heavy atom. The average Bonchev–Trinajstić information content (AvgIpc) is 3.55. The molecule has 1 amide bonds. The number of fused-ring (bicyclic) bond motifs is 2. The van der Waals surface area contributed by atoms with E-state index in [0.717, 1.165) is 82.8 Å². The van der Waals surface area contributed by atoms with E-state index in [0.29, 0.717) is 23.7 Å². The molecule has 5 N–H and O–H groups in total. The third kappa shape index (κ3) is 4.43. The van der Waals surface area contributed by atoms with Crippen molar-refractivity contribution in [2.75, 3.05) is 45.1 Å². The van der Waals surface area contributed by atoms with Crippen LogP contribution in [0.15, 0.2) is 17.5 Å². The van der Waals surface area contributed by atoms with Crippen molar-refractivity contribution >= 4 is 61.8 Å². The van der Waals surface area contributed by atoms with Crippen molar-refractivity contribution in [3.05, 3.63) is 33.6 Å². The van der Waals surface area contributed by atoms with Gasteiger partial charge in [0.1, 0.15) is 9.71 Å². The van der Waals surface area contributed by atoms with E-state index in [1.807, 2.05) is 11.4 Å². The summed E-state index contributed by atoms with van der Waals surface area (Å²) in [6.07, 6.45) is 1.03. The zero-order valence-corrected chi connectivity index (χ0v) is 20.6. The van der Waals surface area contributed by atoms with E-state index < -0.39 is 5.91 Å². The molecule has 33 heavy (non-hydrogen) atoms. The lowest BCUT2D eigenvalue weighted by molar-refractivity contribution is 0.0376. The van der Waals surface area contributed by atoms with E-state index in [-0.39, 0.29) is 0 Å².